The van der Waals surface area contributed by atoms with Crippen LogP contribution in [0.4, 0.5) is 0 Å². The number of hydrogen-bond donors (Lipinski definition) is 0. The molecule has 2 heterocycles. The molecule has 0 saturated heterocycles. The van der Waals surface area contributed by atoms with Gasteiger partial charge < -0.3 is 4.74 Å². The van der Waals surface area contributed by atoms with Crippen molar-refractivity contribution in [3.8, 4) is 5.88 Å². The zero-order valence-corrected chi connectivity index (χ0v) is 8.21. The van der Waals surface area contributed by atoms with Gasteiger partial charge in [-0.1, -0.05) is 11.8 Å². The molecule has 0 unspecified atom stereocenters. The van der Waals surface area contributed by atoms with E-state index in [9.17, 15) is 0 Å². The molecule has 0 bridgehead atoms. The molecule has 2 aromatic rings. The summed E-state index contributed by atoms with van der Waals surface area (Å²) >= 11 is 1.51. The monoisotopic (exact) mass is 195 g/mol. The highest BCUT2D eigenvalue weighted by molar-refractivity contribution is 7.98. The van der Waals surface area contributed by atoms with E-state index >= 15 is 0 Å². The Morgan fingerprint density at radius 1 is 1.46 bits per heavy atom. The number of methoxy groups -OCH3 is 1. The summed E-state index contributed by atoms with van der Waals surface area (Å²) in [6.07, 6.45) is 3.72. The molecule has 2 aromatic heterocycles. The second-order valence-corrected chi connectivity index (χ2v) is 3.23. The lowest BCUT2D eigenvalue weighted by Crippen LogP contribution is -1.97. The van der Waals surface area contributed by atoms with Crippen LogP contribution in [-0.2, 0) is 0 Å². The van der Waals surface area contributed by atoms with Crippen LogP contribution < -0.4 is 4.74 Å². The average Bonchev–Trinajstić information content (AvgIpc) is 2.59. The number of ether oxygens (including phenoxy) is 1. The highest BCUT2D eigenvalue weighted by Crippen LogP contribution is 2.16. The molecular weight excluding hydrogens is 186 g/mol. The van der Waals surface area contributed by atoms with Gasteiger partial charge in [-0.05, 0) is 12.3 Å². The van der Waals surface area contributed by atoms with Gasteiger partial charge >= 0.3 is 0 Å². The van der Waals surface area contributed by atoms with E-state index in [0.717, 1.165) is 16.6 Å². The van der Waals surface area contributed by atoms with Crippen molar-refractivity contribution in [1.29, 1.82) is 0 Å². The van der Waals surface area contributed by atoms with Crippen molar-refractivity contribution in [2.75, 3.05) is 13.4 Å². The third-order valence-corrected chi connectivity index (χ3v) is 2.29. The second-order valence-electron chi connectivity index (χ2n) is 2.46. The second kappa shape index (κ2) is 3.26. The molecule has 5 heteroatoms. The van der Waals surface area contributed by atoms with Crippen LogP contribution in [0.25, 0.3) is 5.52 Å². The lowest BCUT2D eigenvalue weighted by Gasteiger charge is -2.00. The normalized spacial score (nSPS) is 10.6. The van der Waals surface area contributed by atoms with Crippen LogP contribution in [0.1, 0.15) is 0 Å². The van der Waals surface area contributed by atoms with E-state index in [4.69, 9.17) is 4.74 Å². The molecule has 0 amide bonds. The van der Waals surface area contributed by atoms with E-state index in [1.54, 1.807) is 17.8 Å². The maximum atomic E-state index is 5.13. The highest BCUT2D eigenvalue weighted by Gasteiger charge is 2.03. The Morgan fingerprint density at radius 2 is 2.31 bits per heavy atom. The molecule has 0 aliphatic heterocycles. The van der Waals surface area contributed by atoms with E-state index in [0.29, 0.717) is 0 Å². The average molecular weight is 195 g/mol. The minimum Gasteiger partial charge on any atom is -0.481 e. The number of hydrogen-bond acceptors (Lipinski definition) is 4. The van der Waals surface area contributed by atoms with Gasteiger partial charge in [-0.2, -0.15) is 4.52 Å². The number of rotatable bonds is 2. The third-order valence-electron chi connectivity index (χ3n) is 1.73. The first kappa shape index (κ1) is 8.37. The van der Waals surface area contributed by atoms with Gasteiger partial charge in [-0.25, -0.2) is 4.98 Å². The Balaban J connectivity index is 2.64. The maximum Gasteiger partial charge on any atom is 0.214 e. The Bertz CT molecular complexity index is 426. The minimum absolute atomic E-state index is 0.729. The summed E-state index contributed by atoms with van der Waals surface area (Å²) in [6, 6.07) is 3.79. The Hall–Kier alpha value is -1.23. The summed E-state index contributed by atoms with van der Waals surface area (Å²) in [5.74, 6) is 0.729. The van der Waals surface area contributed by atoms with Crippen LogP contribution in [0.2, 0.25) is 0 Å². The van der Waals surface area contributed by atoms with Crippen LogP contribution in [0.3, 0.4) is 0 Å². The van der Waals surface area contributed by atoms with Gasteiger partial charge in [0.2, 0.25) is 11.0 Å². The highest BCUT2D eigenvalue weighted by atomic mass is 32.2. The Kier molecular flexibility index (Phi) is 2.10. The van der Waals surface area contributed by atoms with Gasteiger partial charge in [0.05, 0.1) is 18.8 Å². The minimum atomic E-state index is 0.729. The summed E-state index contributed by atoms with van der Waals surface area (Å²) in [6.45, 7) is 0. The number of aromatic nitrogens is 3. The fraction of sp³-hybridized carbons (Fsp3) is 0.250. The van der Waals surface area contributed by atoms with Crippen molar-refractivity contribution < 1.29 is 4.74 Å². The lowest BCUT2D eigenvalue weighted by molar-refractivity contribution is 0.385. The van der Waals surface area contributed by atoms with Crippen molar-refractivity contribution in [3.63, 3.8) is 0 Å². The summed E-state index contributed by atoms with van der Waals surface area (Å²) in [4.78, 5) is 4.15. The molecule has 0 aliphatic rings. The van der Waals surface area contributed by atoms with Crippen LogP contribution in [0.15, 0.2) is 23.5 Å². The fourth-order valence-corrected chi connectivity index (χ4v) is 1.43. The van der Waals surface area contributed by atoms with Crippen LogP contribution in [0.5, 0.6) is 5.88 Å². The summed E-state index contributed by atoms with van der Waals surface area (Å²) in [5, 5.41) is 5.01. The maximum absolute atomic E-state index is 5.13. The SMILES string of the molecule is COc1ccc2cnc(SC)nn12. The molecule has 0 aliphatic carbocycles. The third kappa shape index (κ3) is 1.35. The first-order valence-corrected chi connectivity index (χ1v) is 5.00. The largest absolute Gasteiger partial charge is 0.481 e. The predicted octanol–water partition coefficient (Wildman–Crippen LogP) is 1.46. The topological polar surface area (TPSA) is 39.4 Å². The number of thioether (sulfide) groups is 1. The lowest BCUT2D eigenvalue weighted by atomic mass is 10.5. The quantitative estimate of drug-likeness (QED) is 0.680. The molecule has 0 radical (unpaired) electrons. The molecule has 4 nitrogen and oxygen atoms in total. The zero-order chi connectivity index (χ0) is 9.26. The van der Waals surface area contributed by atoms with Crippen molar-refractivity contribution in [2.45, 2.75) is 5.16 Å². The smallest absolute Gasteiger partial charge is 0.214 e. The van der Waals surface area contributed by atoms with Gasteiger partial charge in [-0.3, -0.25) is 0 Å². The van der Waals surface area contributed by atoms with Crippen molar-refractivity contribution in [3.05, 3.63) is 18.3 Å². The van der Waals surface area contributed by atoms with Crippen LogP contribution >= 0.6 is 11.8 Å². The van der Waals surface area contributed by atoms with Crippen LogP contribution in [-0.4, -0.2) is 28.0 Å². The van der Waals surface area contributed by atoms with Crippen molar-refractivity contribution in [1.82, 2.24) is 14.6 Å². The first-order valence-electron chi connectivity index (χ1n) is 3.78. The first-order chi connectivity index (χ1) is 6.35. The van der Waals surface area contributed by atoms with Gasteiger partial charge in [0.15, 0.2) is 0 Å². The molecule has 0 N–H and O–H groups in total. The molecule has 0 atom stereocenters. The summed E-state index contributed by atoms with van der Waals surface area (Å²) in [5.41, 5.74) is 0.939. The number of fused-ring (bicyclic) bond motifs is 1. The van der Waals surface area contributed by atoms with Gasteiger partial charge in [0, 0.05) is 6.07 Å². The van der Waals surface area contributed by atoms with Gasteiger partial charge in [0.1, 0.15) is 0 Å². The van der Waals surface area contributed by atoms with E-state index < -0.39 is 0 Å². The molecule has 13 heavy (non-hydrogen) atoms. The molecular formula is C8H9N3OS. The molecule has 0 spiro atoms. The van der Waals surface area contributed by atoms with E-state index in [-0.39, 0.29) is 0 Å². The zero-order valence-electron chi connectivity index (χ0n) is 7.39. The Morgan fingerprint density at radius 3 is 3.00 bits per heavy atom. The summed E-state index contributed by atoms with van der Waals surface area (Å²) in [7, 11) is 1.63. The summed E-state index contributed by atoms with van der Waals surface area (Å²) < 4.78 is 6.87. The van der Waals surface area contributed by atoms with E-state index in [2.05, 4.69) is 10.1 Å². The van der Waals surface area contributed by atoms with E-state index in [1.807, 2.05) is 18.4 Å². The van der Waals surface area contributed by atoms with Crippen molar-refractivity contribution >= 4 is 17.3 Å². The van der Waals surface area contributed by atoms with Gasteiger partial charge in [-0.15, -0.1) is 5.10 Å². The molecule has 0 fully saturated rings. The molecule has 0 saturated carbocycles. The van der Waals surface area contributed by atoms with Crippen molar-refractivity contribution in [2.24, 2.45) is 0 Å². The number of nitrogens with zero attached hydrogens (tertiary/aromatic N) is 3. The Labute approximate surface area is 79.9 Å². The molecule has 68 valence electrons. The molecule has 0 aromatic carbocycles. The van der Waals surface area contributed by atoms with Gasteiger partial charge in [0.25, 0.3) is 0 Å². The fourth-order valence-electron chi connectivity index (χ4n) is 1.11. The van der Waals surface area contributed by atoms with E-state index in [1.165, 1.54) is 11.8 Å². The predicted molar refractivity (Wildman–Crippen MR) is 51.3 cm³/mol. The standard InChI is InChI=1S/C8H9N3OS/c1-12-7-4-3-6-5-9-8(13-2)10-11(6)7/h3-5H,1-2H3. The molecule has 2 rings (SSSR count). The van der Waals surface area contributed by atoms with Crippen LogP contribution in [0, 0.1) is 0 Å².